The van der Waals surface area contributed by atoms with Gasteiger partial charge in [-0.05, 0) is 43.7 Å². The van der Waals surface area contributed by atoms with E-state index in [9.17, 15) is 4.79 Å². The zero-order valence-corrected chi connectivity index (χ0v) is 18.3. The normalized spacial score (nSPS) is 16.2. The number of anilines is 1. The van der Waals surface area contributed by atoms with Crippen LogP contribution in [-0.4, -0.2) is 32.5 Å². The summed E-state index contributed by atoms with van der Waals surface area (Å²) in [5, 5.41) is 12.3. The average molecular weight is 445 g/mol. The number of aromatic nitrogens is 3. The van der Waals surface area contributed by atoms with Crippen molar-refractivity contribution in [1.29, 1.82) is 0 Å². The molecule has 0 saturated carbocycles. The smallest absolute Gasteiger partial charge is 0.237 e. The molecule has 0 radical (unpaired) electrons. The van der Waals surface area contributed by atoms with E-state index in [-0.39, 0.29) is 17.3 Å². The molecule has 156 valence electrons. The van der Waals surface area contributed by atoms with Gasteiger partial charge in [-0.3, -0.25) is 4.79 Å². The maximum atomic E-state index is 12.7. The van der Waals surface area contributed by atoms with Crippen LogP contribution in [0.3, 0.4) is 0 Å². The Bertz CT molecular complexity index is 1090. The van der Waals surface area contributed by atoms with E-state index >= 15 is 0 Å². The summed E-state index contributed by atoms with van der Waals surface area (Å²) in [6.45, 7) is 4.09. The van der Waals surface area contributed by atoms with Gasteiger partial charge in [0.05, 0.1) is 5.25 Å². The maximum absolute atomic E-state index is 12.7. The highest BCUT2D eigenvalue weighted by Crippen LogP contribution is 2.36. The lowest BCUT2D eigenvalue weighted by Crippen LogP contribution is -2.25. The van der Waals surface area contributed by atoms with Crippen LogP contribution in [-0.2, 0) is 11.8 Å². The second-order valence-electron chi connectivity index (χ2n) is 6.97. The summed E-state index contributed by atoms with van der Waals surface area (Å²) in [4.78, 5) is 12.7. The number of hydrogen-bond donors (Lipinski definition) is 1. The number of halogens is 1. The Kier molecular flexibility index (Phi) is 5.87. The first-order valence-corrected chi connectivity index (χ1v) is 10.7. The van der Waals surface area contributed by atoms with Crippen LogP contribution in [0.2, 0.25) is 5.02 Å². The molecule has 3 aromatic rings. The molecule has 2 unspecified atom stereocenters. The van der Waals surface area contributed by atoms with Gasteiger partial charge in [0.1, 0.15) is 6.61 Å². The number of para-hydroxylation sites is 2. The fraction of sp³-hybridized carbons (Fsp3) is 0.286. The van der Waals surface area contributed by atoms with Crippen LogP contribution < -0.4 is 14.8 Å². The van der Waals surface area contributed by atoms with Gasteiger partial charge >= 0.3 is 0 Å². The van der Waals surface area contributed by atoms with Crippen molar-refractivity contribution in [1.82, 2.24) is 14.8 Å². The first kappa shape index (κ1) is 20.6. The summed E-state index contributed by atoms with van der Waals surface area (Å²) >= 11 is 7.36. The third-order valence-corrected chi connectivity index (χ3v) is 6.14. The molecule has 7 nitrogen and oxygen atoms in total. The van der Waals surface area contributed by atoms with E-state index in [0.717, 1.165) is 5.56 Å². The number of carbonyl (C=O) groups is 1. The van der Waals surface area contributed by atoms with E-state index in [0.29, 0.717) is 39.8 Å². The Morgan fingerprint density at radius 1 is 1.27 bits per heavy atom. The number of carbonyl (C=O) groups excluding carboxylic acids is 1. The number of thioether (sulfide) groups is 1. The first-order valence-electron chi connectivity index (χ1n) is 9.44. The minimum absolute atomic E-state index is 0.138. The average Bonchev–Trinajstić information content (AvgIpc) is 3.10. The van der Waals surface area contributed by atoms with Gasteiger partial charge in [0.15, 0.2) is 28.6 Å². The number of benzene rings is 2. The number of rotatable bonds is 5. The second-order valence-corrected chi connectivity index (χ2v) is 8.72. The molecule has 0 bridgehead atoms. The molecular formula is C21H21ClN4O3S. The van der Waals surface area contributed by atoms with E-state index in [2.05, 4.69) is 15.5 Å². The lowest BCUT2D eigenvalue weighted by atomic mass is 10.2. The largest absolute Gasteiger partial charge is 0.485 e. The monoisotopic (exact) mass is 444 g/mol. The summed E-state index contributed by atoms with van der Waals surface area (Å²) in [7, 11) is 1.85. The molecule has 30 heavy (non-hydrogen) atoms. The van der Waals surface area contributed by atoms with Gasteiger partial charge in [0, 0.05) is 17.8 Å². The molecule has 1 aliphatic heterocycles. The fourth-order valence-corrected chi connectivity index (χ4v) is 4.02. The summed E-state index contributed by atoms with van der Waals surface area (Å²) in [5.41, 5.74) is 1.64. The van der Waals surface area contributed by atoms with Crippen LogP contribution >= 0.6 is 23.4 Å². The molecule has 2 aromatic carbocycles. The molecule has 0 spiro atoms. The summed E-state index contributed by atoms with van der Waals surface area (Å²) in [6, 6.07) is 12.9. The van der Waals surface area contributed by atoms with E-state index in [1.165, 1.54) is 11.8 Å². The highest BCUT2D eigenvalue weighted by molar-refractivity contribution is 8.00. The van der Waals surface area contributed by atoms with Crippen molar-refractivity contribution in [2.24, 2.45) is 7.05 Å². The van der Waals surface area contributed by atoms with Crippen LogP contribution in [0.15, 0.2) is 47.6 Å². The lowest BCUT2D eigenvalue weighted by molar-refractivity contribution is -0.115. The van der Waals surface area contributed by atoms with Gasteiger partial charge in [0.25, 0.3) is 0 Å². The van der Waals surface area contributed by atoms with E-state index < -0.39 is 0 Å². The van der Waals surface area contributed by atoms with Gasteiger partial charge < -0.3 is 19.4 Å². The molecule has 2 atom stereocenters. The number of ether oxygens (including phenoxy) is 2. The summed E-state index contributed by atoms with van der Waals surface area (Å²) < 4.78 is 13.6. The molecule has 4 rings (SSSR count). The van der Waals surface area contributed by atoms with Gasteiger partial charge in [-0.25, -0.2) is 0 Å². The third kappa shape index (κ3) is 4.24. The Morgan fingerprint density at radius 2 is 2.03 bits per heavy atom. The van der Waals surface area contributed by atoms with Crippen molar-refractivity contribution < 1.29 is 14.3 Å². The zero-order valence-electron chi connectivity index (χ0n) is 16.8. The number of aryl methyl sites for hydroxylation is 1. The third-order valence-electron chi connectivity index (χ3n) is 4.77. The van der Waals surface area contributed by atoms with Crippen molar-refractivity contribution in [2.75, 3.05) is 11.9 Å². The van der Waals surface area contributed by atoms with Crippen LogP contribution in [0, 0.1) is 6.92 Å². The van der Waals surface area contributed by atoms with Crippen molar-refractivity contribution in [3.05, 3.63) is 58.9 Å². The van der Waals surface area contributed by atoms with Crippen LogP contribution in [0.4, 0.5) is 5.69 Å². The summed E-state index contributed by atoms with van der Waals surface area (Å²) in [6.07, 6.45) is -0.370. The second kappa shape index (κ2) is 8.57. The number of nitrogens with zero attached hydrogens (tertiary/aromatic N) is 3. The van der Waals surface area contributed by atoms with E-state index in [1.807, 2.05) is 55.8 Å². The highest BCUT2D eigenvalue weighted by atomic mass is 35.5. The van der Waals surface area contributed by atoms with Crippen molar-refractivity contribution >= 4 is 35.0 Å². The molecule has 9 heteroatoms. The van der Waals surface area contributed by atoms with Gasteiger partial charge in [-0.15, -0.1) is 10.2 Å². The molecule has 1 amide bonds. The van der Waals surface area contributed by atoms with Crippen LogP contribution in [0.5, 0.6) is 11.5 Å². The van der Waals surface area contributed by atoms with Gasteiger partial charge in [-0.2, -0.15) is 0 Å². The number of hydrogen-bond acceptors (Lipinski definition) is 6. The zero-order chi connectivity index (χ0) is 21.3. The standard InChI is InChI=1S/C21H21ClN4O3S/c1-12-8-9-14(22)10-15(12)23-20(27)13(2)30-21-25-24-19(26(21)3)18-11-28-16-6-4-5-7-17(16)29-18/h4-10,13,18H,11H2,1-3H3,(H,23,27). The summed E-state index contributed by atoms with van der Waals surface area (Å²) in [5.74, 6) is 1.90. The van der Waals surface area contributed by atoms with Gasteiger partial charge in [0.2, 0.25) is 5.91 Å². The minimum atomic E-state index is -0.386. The SMILES string of the molecule is Cc1ccc(Cl)cc1NC(=O)C(C)Sc1nnc(C2COc3ccccc3O2)n1C. The Morgan fingerprint density at radius 3 is 2.83 bits per heavy atom. The Balaban J connectivity index is 1.44. The predicted octanol–water partition coefficient (Wildman–Crippen LogP) is 4.41. The number of fused-ring (bicyclic) bond motifs is 1. The number of amides is 1. The predicted molar refractivity (Wildman–Crippen MR) is 116 cm³/mol. The molecular weight excluding hydrogens is 424 g/mol. The maximum Gasteiger partial charge on any atom is 0.237 e. The van der Waals surface area contributed by atoms with Crippen LogP contribution in [0.1, 0.15) is 24.4 Å². The molecule has 0 aliphatic carbocycles. The Labute approximate surface area is 183 Å². The fourth-order valence-electron chi connectivity index (χ4n) is 3.03. The first-order chi connectivity index (χ1) is 14.4. The lowest BCUT2D eigenvalue weighted by Gasteiger charge is -2.25. The molecule has 1 aliphatic rings. The van der Waals surface area contributed by atoms with Crippen LogP contribution in [0.25, 0.3) is 0 Å². The molecule has 2 heterocycles. The molecule has 0 fully saturated rings. The molecule has 0 saturated heterocycles. The quantitative estimate of drug-likeness (QED) is 0.587. The van der Waals surface area contributed by atoms with E-state index in [1.54, 1.807) is 12.1 Å². The van der Waals surface area contributed by atoms with Gasteiger partial charge in [-0.1, -0.05) is 41.6 Å². The van der Waals surface area contributed by atoms with E-state index in [4.69, 9.17) is 21.1 Å². The minimum Gasteiger partial charge on any atom is -0.485 e. The molecule has 1 aromatic heterocycles. The van der Waals surface area contributed by atoms with Crippen molar-refractivity contribution in [3.63, 3.8) is 0 Å². The topological polar surface area (TPSA) is 78.3 Å². The number of nitrogens with one attached hydrogen (secondary N) is 1. The highest BCUT2D eigenvalue weighted by Gasteiger charge is 2.28. The van der Waals surface area contributed by atoms with Crippen molar-refractivity contribution in [2.45, 2.75) is 30.4 Å². The Hall–Kier alpha value is -2.71. The molecule has 1 N–H and O–H groups in total. The van der Waals surface area contributed by atoms with Crippen molar-refractivity contribution in [3.8, 4) is 11.5 Å².